The number of hydrogen-bond donors (Lipinski definition) is 0. The molecule has 0 aliphatic carbocycles. The molecule has 16 heavy (non-hydrogen) atoms. The van der Waals surface area contributed by atoms with Crippen molar-refractivity contribution in [1.82, 2.24) is 0 Å². The number of methoxy groups -OCH3 is 1. The van der Waals surface area contributed by atoms with Crippen molar-refractivity contribution >= 4 is 17.5 Å². The van der Waals surface area contributed by atoms with Crippen LogP contribution >= 0.6 is 0 Å². The van der Waals surface area contributed by atoms with Gasteiger partial charge in [0, 0.05) is 31.4 Å². The van der Waals surface area contributed by atoms with Crippen molar-refractivity contribution in [3.05, 3.63) is 29.8 Å². The first-order chi connectivity index (χ1) is 7.54. The van der Waals surface area contributed by atoms with Crippen LogP contribution < -0.4 is 9.64 Å². The van der Waals surface area contributed by atoms with E-state index in [1.165, 1.54) is 13.0 Å². The third-order valence-electron chi connectivity index (χ3n) is 2.23. The predicted molar refractivity (Wildman–Crippen MR) is 67.0 cm³/mol. The minimum Gasteiger partial charge on any atom is -0.496 e. The normalized spacial score (nSPS) is 10.5. The molecule has 0 spiro atoms. The second-order valence-electron chi connectivity index (χ2n) is 3.76. The van der Waals surface area contributed by atoms with E-state index >= 15 is 0 Å². The highest BCUT2D eigenvalue weighted by Crippen LogP contribution is 2.25. The molecule has 0 N–H and O–H groups in total. The van der Waals surface area contributed by atoms with Crippen LogP contribution in [0.2, 0.25) is 0 Å². The fraction of sp³-hybridized carbons (Fsp3) is 0.308. The summed E-state index contributed by atoms with van der Waals surface area (Å²) in [5.74, 6) is 0.794. The zero-order valence-electron chi connectivity index (χ0n) is 10.2. The molecule has 0 unspecified atom stereocenters. The van der Waals surface area contributed by atoms with Crippen molar-refractivity contribution in [3.8, 4) is 5.75 Å². The quantitative estimate of drug-likeness (QED) is 0.728. The van der Waals surface area contributed by atoms with Crippen LogP contribution in [0.15, 0.2) is 24.3 Å². The molecule has 0 aliphatic heterocycles. The van der Waals surface area contributed by atoms with E-state index in [9.17, 15) is 4.79 Å². The summed E-state index contributed by atoms with van der Waals surface area (Å²) in [7, 11) is 5.57. The molecule has 0 heterocycles. The van der Waals surface area contributed by atoms with Crippen molar-refractivity contribution in [2.24, 2.45) is 0 Å². The van der Waals surface area contributed by atoms with Crippen LogP contribution in [0, 0.1) is 0 Å². The van der Waals surface area contributed by atoms with Crippen molar-refractivity contribution in [2.75, 3.05) is 26.1 Å². The summed E-state index contributed by atoms with van der Waals surface area (Å²) in [6.45, 7) is 1.52. The van der Waals surface area contributed by atoms with Crippen LogP contribution in [-0.4, -0.2) is 27.0 Å². The van der Waals surface area contributed by atoms with Gasteiger partial charge in [-0.3, -0.25) is 4.79 Å². The van der Waals surface area contributed by atoms with Gasteiger partial charge in [-0.15, -0.1) is 0 Å². The fourth-order valence-corrected chi connectivity index (χ4v) is 1.32. The summed E-state index contributed by atoms with van der Waals surface area (Å²) in [6, 6.07) is 5.87. The van der Waals surface area contributed by atoms with Gasteiger partial charge in [-0.25, -0.2) is 0 Å². The Balaban J connectivity index is 3.07. The van der Waals surface area contributed by atoms with Gasteiger partial charge in [0.1, 0.15) is 5.75 Å². The Morgan fingerprint density at radius 3 is 2.56 bits per heavy atom. The molecule has 1 aromatic rings. The SMILES string of the molecule is COc1cc(N(C)C)ccc1/C=C/C(C)=O. The fourth-order valence-electron chi connectivity index (χ4n) is 1.32. The zero-order chi connectivity index (χ0) is 12.1. The van der Waals surface area contributed by atoms with E-state index in [4.69, 9.17) is 4.74 Å². The van der Waals surface area contributed by atoms with Gasteiger partial charge < -0.3 is 9.64 Å². The Hall–Kier alpha value is -1.77. The lowest BCUT2D eigenvalue weighted by molar-refractivity contribution is -0.112. The number of anilines is 1. The standard InChI is InChI=1S/C13H17NO2/c1-10(15)5-6-11-7-8-12(14(2)3)9-13(11)16-4/h5-9H,1-4H3/b6-5+. The first-order valence-corrected chi connectivity index (χ1v) is 5.08. The van der Waals surface area contributed by atoms with E-state index in [2.05, 4.69) is 0 Å². The van der Waals surface area contributed by atoms with Crippen LogP contribution in [0.4, 0.5) is 5.69 Å². The van der Waals surface area contributed by atoms with E-state index in [-0.39, 0.29) is 5.78 Å². The molecular formula is C13H17NO2. The topological polar surface area (TPSA) is 29.5 Å². The van der Waals surface area contributed by atoms with Crippen LogP contribution in [0.5, 0.6) is 5.75 Å². The summed E-state index contributed by atoms with van der Waals surface area (Å²) in [4.78, 5) is 12.9. The van der Waals surface area contributed by atoms with Crippen LogP contribution in [0.1, 0.15) is 12.5 Å². The van der Waals surface area contributed by atoms with Gasteiger partial charge >= 0.3 is 0 Å². The summed E-state index contributed by atoms with van der Waals surface area (Å²) < 4.78 is 5.28. The largest absolute Gasteiger partial charge is 0.496 e. The molecular weight excluding hydrogens is 202 g/mol. The highest BCUT2D eigenvalue weighted by atomic mass is 16.5. The van der Waals surface area contributed by atoms with Crippen molar-refractivity contribution in [1.29, 1.82) is 0 Å². The number of hydrogen-bond acceptors (Lipinski definition) is 3. The number of ketones is 1. The van der Waals surface area contributed by atoms with Gasteiger partial charge in [0.25, 0.3) is 0 Å². The number of nitrogens with zero attached hydrogens (tertiary/aromatic N) is 1. The lowest BCUT2D eigenvalue weighted by Crippen LogP contribution is -2.08. The lowest BCUT2D eigenvalue weighted by Gasteiger charge is -2.14. The molecule has 0 radical (unpaired) electrons. The molecule has 1 rings (SSSR count). The van der Waals surface area contributed by atoms with Crippen molar-refractivity contribution in [3.63, 3.8) is 0 Å². The van der Waals surface area contributed by atoms with Gasteiger partial charge in [0.05, 0.1) is 7.11 Å². The van der Waals surface area contributed by atoms with Gasteiger partial charge in [-0.2, -0.15) is 0 Å². The second-order valence-corrected chi connectivity index (χ2v) is 3.76. The molecule has 0 bridgehead atoms. The minimum atomic E-state index is 0.0266. The first kappa shape index (κ1) is 12.3. The molecule has 0 amide bonds. The average Bonchev–Trinajstić information content (AvgIpc) is 2.25. The second kappa shape index (κ2) is 5.35. The van der Waals surface area contributed by atoms with Gasteiger partial charge in [0.2, 0.25) is 0 Å². The monoisotopic (exact) mass is 219 g/mol. The molecule has 1 aromatic carbocycles. The predicted octanol–water partition coefficient (Wildman–Crippen LogP) is 2.36. The van der Waals surface area contributed by atoms with E-state index in [0.29, 0.717) is 0 Å². The Morgan fingerprint density at radius 1 is 1.38 bits per heavy atom. The summed E-state index contributed by atoms with van der Waals surface area (Å²) in [6.07, 6.45) is 3.30. The number of benzene rings is 1. The third kappa shape index (κ3) is 3.12. The molecule has 0 aromatic heterocycles. The molecule has 3 nitrogen and oxygen atoms in total. The smallest absolute Gasteiger partial charge is 0.152 e. The highest BCUT2D eigenvalue weighted by Gasteiger charge is 2.03. The maximum Gasteiger partial charge on any atom is 0.152 e. The van der Waals surface area contributed by atoms with Gasteiger partial charge in [-0.05, 0) is 31.2 Å². The molecule has 0 fully saturated rings. The Morgan fingerprint density at radius 2 is 2.06 bits per heavy atom. The highest BCUT2D eigenvalue weighted by molar-refractivity contribution is 5.92. The van der Waals surface area contributed by atoms with E-state index in [1.807, 2.05) is 37.2 Å². The van der Waals surface area contributed by atoms with E-state index < -0.39 is 0 Å². The van der Waals surface area contributed by atoms with Crippen LogP contribution in [-0.2, 0) is 4.79 Å². The van der Waals surface area contributed by atoms with Crippen molar-refractivity contribution in [2.45, 2.75) is 6.92 Å². The molecule has 86 valence electrons. The van der Waals surface area contributed by atoms with E-state index in [0.717, 1.165) is 17.0 Å². The Kier molecular flexibility index (Phi) is 4.11. The van der Waals surface area contributed by atoms with Crippen molar-refractivity contribution < 1.29 is 9.53 Å². The average molecular weight is 219 g/mol. The molecule has 3 heteroatoms. The molecule has 0 aliphatic rings. The Bertz CT molecular complexity index is 408. The maximum absolute atomic E-state index is 10.9. The summed E-state index contributed by atoms with van der Waals surface area (Å²) in [5, 5.41) is 0. The lowest BCUT2D eigenvalue weighted by atomic mass is 10.1. The zero-order valence-corrected chi connectivity index (χ0v) is 10.2. The number of ether oxygens (including phenoxy) is 1. The summed E-state index contributed by atoms with van der Waals surface area (Å²) >= 11 is 0. The first-order valence-electron chi connectivity index (χ1n) is 5.08. The molecule has 0 saturated carbocycles. The van der Waals surface area contributed by atoms with Crippen LogP contribution in [0.3, 0.4) is 0 Å². The number of carbonyl (C=O) groups excluding carboxylic acids is 1. The number of rotatable bonds is 4. The molecule has 0 atom stereocenters. The summed E-state index contributed by atoms with van der Waals surface area (Å²) in [5.41, 5.74) is 1.97. The Labute approximate surface area is 96.3 Å². The number of carbonyl (C=O) groups is 1. The number of allylic oxidation sites excluding steroid dienone is 1. The van der Waals surface area contributed by atoms with Gasteiger partial charge in [-0.1, -0.05) is 0 Å². The van der Waals surface area contributed by atoms with Gasteiger partial charge in [0.15, 0.2) is 5.78 Å². The van der Waals surface area contributed by atoms with Crippen LogP contribution in [0.25, 0.3) is 6.08 Å². The van der Waals surface area contributed by atoms with E-state index in [1.54, 1.807) is 13.2 Å². The third-order valence-corrected chi connectivity index (χ3v) is 2.23. The molecule has 0 saturated heterocycles. The maximum atomic E-state index is 10.9. The minimum absolute atomic E-state index is 0.0266.